The monoisotopic (exact) mass is 391 g/mol. The van der Waals surface area contributed by atoms with Gasteiger partial charge in [0.1, 0.15) is 11.3 Å². The smallest absolute Gasteiger partial charge is 0.206 e. The fraction of sp³-hybridized carbons (Fsp3) is 0.263. The lowest BCUT2D eigenvalue weighted by Crippen LogP contribution is -2.31. The molecule has 1 atom stereocenters. The molecule has 7 heteroatoms. The molecule has 1 aromatic heterocycles. The first-order valence-corrected chi connectivity index (χ1v) is 10.1. The standard InChI is InChI=1S/C19H18ClNO4S/c1-24-11-17-19-16(7-8-21-17)15-6-5-14(10-18(15)25-19)26(22,23)13-4-2-3-12(20)9-13/h2-6,9-10,17,21H,7-8,11H2,1H3. The molecule has 1 aliphatic heterocycles. The summed E-state index contributed by atoms with van der Waals surface area (Å²) in [5.41, 5.74) is 1.69. The van der Waals surface area contributed by atoms with Crippen LogP contribution in [0.5, 0.6) is 0 Å². The molecule has 0 saturated carbocycles. The number of methoxy groups -OCH3 is 1. The second kappa shape index (κ2) is 6.70. The van der Waals surface area contributed by atoms with Crippen molar-refractivity contribution in [3.63, 3.8) is 0 Å². The number of rotatable bonds is 4. The molecule has 4 rings (SSSR count). The van der Waals surface area contributed by atoms with Gasteiger partial charge in [0.2, 0.25) is 9.84 Å². The SMILES string of the molecule is COCC1NCCc2c1oc1cc(S(=O)(=O)c3cccc(Cl)c3)ccc21. The van der Waals surface area contributed by atoms with Gasteiger partial charge in [-0.05, 0) is 36.8 Å². The molecule has 1 unspecified atom stereocenters. The van der Waals surface area contributed by atoms with Gasteiger partial charge in [0, 0.05) is 35.7 Å². The third kappa shape index (κ3) is 2.93. The third-order valence-corrected chi connectivity index (χ3v) is 6.61. The summed E-state index contributed by atoms with van der Waals surface area (Å²) in [5, 5.41) is 4.70. The lowest BCUT2D eigenvalue weighted by atomic mass is 10.00. The fourth-order valence-electron chi connectivity index (χ4n) is 3.39. The Labute approximate surface area is 156 Å². The topological polar surface area (TPSA) is 68.5 Å². The molecule has 26 heavy (non-hydrogen) atoms. The van der Waals surface area contributed by atoms with Crippen LogP contribution in [0, 0.1) is 0 Å². The highest BCUT2D eigenvalue weighted by Crippen LogP contribution is 2.35. The Hall–Kier alpha value is -1.86. The van der Waals surface area contributed by atoms with E-state index in [4.69, 9.17) is 20.8 Å². The Morgan fingerprint density at radius 3 is 2.81 bits per heavy atom. The summed E-state index contributed by atoms with van der Waals surface area (Å²) in [6.07, 6.45) is 0.836. The van der Waals surface area contributed by atoms with Gasteiger partial charge >= 0.3 is 0 Å². The normalized spacial score (nSPS) is 17.4. The van der Waals surface area contributed by atoms with Gasteiger partial charge in [-0.1, -0.05) is 17.7 Å². The van der Waals surface area contributed by atoms with Gasteiger partial charge in [-0.25, -0.2) is 8.42 Å². The summed E-state index contributed by atoms with van der Waals surface area (Å²) < 4.78 is 37.1. The molecule has 1 aliphatic rings. The zero-order valence-corrected chi connectivity index (χ0v) is 15.7. The van der Waals surface area contributed by atoms with Gasteiger partial charge in [-0.2, -0.15) is 0 Å². The van der Waals surface area contributed by atoms with Crippen LogP contribution in [0.2, 0.25) is 5.02 Å². The van der Waals surface area contributed by atoms with Crippen LogP contribution in [0.3, 0.4) is 0 Å². The fourth-order valence-corrected chi connectivity index (χ4v) is 4.97. The van der Waals surface area contributed by atoms with Gasteiger partial charge in [-0.15, -0.1) is 0 Å². The number of sulfone groups is 1. The molecule has 2 aromatic carbocycles. The Morgan fingerprint density at radius 1 is 1.23 bits per heavy atom. The van der Waals surface area contributed by atoms with Crippen molar-refractivity contribution in [2.75, 3.05) is 20.3 Å². The van der Waals surface area contributed by atoms with Crippen molar-refractivity contribution in [2.24, 2.45) is 0 Å². The second-order valence-electron chi connectivity index (χ2n) is 6.28. The second-order valence-corrected chi connectivity index (χ2v) is 8.66. The van der Waals surface area contributed by atoms with E-state index in [1.807, 2.05) is 6.07 Å². The maximum atomic E-state index is 12.9. The molecule has 0 spiro atoms. The molecule has 3 aromatic rings. The van der Waals surface area contributed by atoms with Crippen molar-refractivity contribution >= 4 is 32.4 Å². The van der Waals surface area contributed by atoms with E-state index < -0.39 is 9.84 Å². The van der Waals surface area contributed by atoms with E-state index in [0.717, 1.165) is 29.7 Å². The first kappa shape index (κ1) is 17.5. The molecule has 1 N–H and O–H groups in total. The summed E-state index contributed by atoms with van der Waals surface area (Å²) in [4.78, 5) is 0.356. The zero-order chi connectivity index (χ0) is 18.3. The van der Waals surface area contributed by atoms with E-state index in [1.165, 1.54) is 12.1 Å². The van der Waals surface area contributed by atoms with Crippen LogP contribution in [0.4, 0.5) is 0 Å². The number of nitrogens with one attached hydrogen (secondary N) is 1. The average molecular weight is 392 g/mol. The van der Waals surface area contributed by atoms with Crippen LogP contribution < -0.4 is 5.32 Å². The third-order valence-electron chi connectivity index (χ3n) is 4.63. The lowest BCUT2D eigenvalue weighted by molar-refractivity contribution is 0.154. The van der Waals surface area contributed by atoms with E-state index >= 15 is 0 Å². The number of furan rings is 1. The van der Waals surface area contributed by atoms with Gasteiger partial charge in [0.25, 0.3) is 0 Å². The molecule has 0 radical (unpaired) electrons. The first-order valence-electron chi connectivity index (χ1n) is 8.29. The van der Waals surface area contributed by atoms with E-state index in [1.54, 1.807) is 31.4 Å². The Balaban J connectivity index is 1.81. The first-order chi connectivity index (χ1) is 12.5. The van der Waals surface area contributed by atoms with Crippen LogP contribution in [0.25, 0.3) is 11.0 Å². The average Bonchev–Trinajstić information content (AvgIpc) is 3.01. The molecule has 2 heterocycles. The van der Waals surface area contributed by atoms with E-state index in [2.05, 4.69) is 5.32 Å². The highest BCUT2D eigenvalue weighted by Gasteiger charge is 2.27. The summed E-state index contributed by atoms with van der Waals surface area (Å²) in [5.74, 6) is 0.824. The van der Waals surface area contributed by atoms with Crippen molar-refractivity contribution in [3.8, 4) is 0 Å². The van der Waals surface area contributed by atoms with Crippen molar-refractivity contribution in [1.82, 2.24) is 5.32 Å². The highest BCUT2D eigenvalue weighted by molar-refractivity contribution is 7.91. The predicted octanol–water partition coefficient (Wildman–Crippen LogP) is 3.75. The number of ether oxygens (including phenoxy) is 1. The number of hydrogen-bond acceptors (Lipinski definition) is 5. The number of hydrogen-bond donors (Lipinski definition) is 1. The minimum Gasteiger partial charge on any atom is -0.459 e. The highest BCUT2D eigenvalue weighted by atomic mass is 35.5. The zero-order valence-electron chi connectivity index (χ0n) is 14.2. The van der Waals surface area contributed by atoms with Gasteiger partial charge in [0.05, 0.1) is 22.4 Å². The van der Waals surface area contributed by atoms with E-state index in [9.17, 15) is 8.42 Å². The molecule has 5 nitrogen and oxygen atoms in total. The minimum absolute atomic E-state index is 0.0239. The van der Waals surface area contributed by atoms with E-state index in [0.29, 0.717) is 17.2 Å². The summed E-state index contributed by atoms with van der Waals surface area (Å²) in [6, 6.07) is 11.3. The maximum absolute atomic E-state index is 12.9. The predicted molar refractivity (Wildman–Crippen MR) is 99.4 cm³/mol. The van der Waals surface area contributed by atoms with Crippen LogP contribution in [-0.2, 0) is 21.0 Å². The quantitative estimate of drug-likeness (QED) is 0.733. The Morgan fingerprint density at radius 2 is 2.04 bits per heavy atom. The molecule has 0 amide bonds. The minimum atomic E-state index is -3.66. The van der Waals surface area contributed by atoms with Gasteiger partial charge in [0.15, 0.2) is 0 Å². The molecule has 0 saturated heterocycles. The van der Waals surface area contributed by atoms with Crippen molar-refractivity contribution in [1.29, 1.82) is 0 Å². The Kier molecular flexibility index (Phi) is 4.52. The van der Waals surface area contributed by atoms with Crippen molar-refractivity contribution in [3.05, 3.63) is 58.8 Å². The van der Waals surface area contributed by atoms with Crippen LogP contribution in [-0.4, -0.2) is 28.7 Å². The van der Waals surface area contributed by atoms with Crippen LogP contribution in [0.1, 0.15) is 17.4 Å². The molecule has 136 valence electrons. The number of halogens is 1. The summed E-state index contributed by atoms with van der Waals surface area (Å²) in [6.45, 7) is 1.33. The molecule has 0 fully saturated rings. The lowest BCUT2D eigenvalue weighted by Gasteiger charge is -2.21. The summed E-state index contributed by atoms with van der Waals surface area (Å²) in [7, 11) is -2.02. The molecular weight excluding hydrogens is 374 g/mol. The van der Waals surface area contributed by atoms with Crippen LogP contribution >= 0.6 is 11.6 Å². The van der Waals surface area contributed by atoms with Crippen molar-refractivity contribution < 1.29 is 17.6 Å². The Bertz CT molecular complexity index is 1070. The van der Waals surface area contributed by atoms with Gasteiger partial charge < -0.3 is 14.5 Å². The maximum Gasteiger partial charge on any atom is 0.206 e. The van der Waals surface area contributed by atoms with E-state index in [-0.39, 0.29) is 15.8 Å². The van der Waals surface area contributed by atoms with Gasteiger partial charge in [-0.3, -0.25) is 0 Å². The number of fused-ring (bicyclic) bond motifs is 3. The molecule has 0 bridgehead atoms. The summed E-state index contributed by atoms with van der Waals surface area (Å²) >= 11 is 5.95. The number of benzene rings is 2. The van der Waals surface area contributed by atoms with Crippen molar-refractivity contribution in [2.45, 2.75) is 22.3 Å². The molecule has 0 aliphatic carbocycles. The molecular formula is C19H18ClNO4S. The largest absolute Gasteiger partial charge is 0.459 e. The van der Waals surface area contributed by atoms with Crippen LogP contribution in [0.15, 0.2) is 56.7 Å².